The smallest absolute Gasteiger partial charge is 0.278 e. The number of hydrogen-bond acceptors (Lipinski definition) is 3. The fourth-order valence-corrected chi connectivity index (χ4v) is 2.42. The van der Waals surface area contributed by atoms with Crippen LogP contribution in [0.1, 0.15) is 11.1 Å². The zero-order valence-corrected chi connectivity index (χ0v) is 12.9. The quantitative estimate of drug-likeness (QED) is 0.511. The number of nitrogens with zero attached hydrogens (tertiary/aromatic N) is 2. The van der Waals surface area contributed by atoms with E-state index in [2.05, 4.69) is 15.5 Å². The molecule has 0 fully saturated rings. The average molecular weight is 350 g/mol. The molecule has 0 atom stereocenters. The molecule has 0 unspecified atom stereocenters. The Morgan fingerprint density at radius 1 is 1.08 bits per heavy atom. The highest BCUT2D eigenvalue weighted by atomic mass is 35.5. The largest absolute Gasteiger partial charge is 0.417 e. The van der Waals surface area contributed by atoms with E-state index in [9.17, 15) is 13.2 Å². The maximum Gasteiger partial charge on any atom is 0.417 e. The van der Waals surface area contributed by atoms with Gasteiger partial charge in [-0.2, -0.15) is 18.3 Å². The maximum atomic E-state index is 12.9. The summed E-state index contributed by atoms with van der Waals surface area (Å²) >= 11 is 5.92. The molecule has 122 valence electrons. The fraction of sp³-hybridized carbons (Fsp3) is 0.0588. The lowest BCUT2D eigenvalue weighted by Crippen LogP contribution is -2.08. The number of hydrogen-bond donors (Lipinski definition) is 1. The van der Waals surface area contributed by atoms with Gasteiger partial charge in [-0.1, -0.05) is 29.8 Å². The lowest BCUT2D eigenvalue weighted by molar-refractivity contribution is -0.137. The minimum absolute atomic E-state index is 0.0149. The molecule has 3 nitrogen and oxygen atoms in total. The average Bonchev–Trinajstić information content (AvgIpc) is 2.54. The first-order valence-corrected chi connectivity index (χ1v) is 7.32. The van der Waals surface area contributed by atoms with Crippen LogP contribution in [0.2, 0.25) is 5.02 Å². The van der Waals surface area contributed by atoms with Crippen molar-refractivity contribution in [2.75, 3.05) is 5.43 Å². The van der Waals surface area contributed by atoms with Crippen LogP contribution >= 0.6 is 11.6 Å². The number of alkyl halides is 3. The third-order valence-corrected chi connectivity index (χ3v) is 3.59. The van der Waals surface area contributed by atoms with Crippen LogP contribution in [0.4, 0.5) is 18.9 Å². The number of pyridine rings is 1. The van der Waals surface area contributed by atoms with E-state index < -0.39 is 11.7 Å². The van der Waals surface area contributed by atoms with Crippen molar-refractivity contribution in [2.24, 2.45) is 5.10 Å². The summed E-state index contributed by atoms with van der Waals surface area (Å²) in [5.74, 6) is 0. The van der Waals surface area contributed by atoms with Crippen molar-refractivity contribution in [3.8, 4) is 0 Å². The molecular weight excluding hydrogens is 339 g/mol. The first-order valence-electron chi connectivity index (χ1n) is 6.95. The van der Waals surface area contributed by atoms with Crippen LogP contribution in [-0.4, -0.2) is 11.2 Å². The van der Waals surface area contributed by atoms with Gasteiger partial charge >= 0.3 is 6.18 Å². The van der Waals surface area contributed by atoms with Gasteiger partial charge in [0.05, 0.1) is 23.0 Å². The summed E-state index contributed by atoms with van der Waals surface area (Å²) in [7, 11) is 0. The van der Waals surface area contributed by atoms with Crippen molar-refractivity contribution >= 4 is 34.4 Å². The molecular formula is C17H11ClF3N3. The number of benzene rings is 2. The summed E-state index contributed by atoms with van der Waals surface area (Å²) in [6.07, 6.45) is -1.71. The summed E-state index contributed by atoms with van der Waals surface area (Å²) in [6, 6.07) is 12.1. The molecule has 2 aromatic carbocycles. The standard InChI is InChI=1S/C17H11ClF3N3/c18-12-5-6-13-15(7-8-22-16(13)9-12)24-23-10-11-3-1-2-4-14(11)17(19,20)21/h1-10H,(H,22,24)/b23-10+. The van der Waals surface area contributed by atoms with Gasteiger partial charge in [0.1, 0.15) is 0 Å². The number of aromatic nitrogens is 1. The number of rotatable bonds is 3. The van der Waals surface area contributed by atoms with Gasteiger partial charge in [-0.3, -0.25) is 10.4 Å². The van der Waals surface area contributed by atoms with Gasteiger partial charge < -0.3 is 0 Å². The van der Waals surface area contributed by atoms with Crippen molar-refractivity contribution in [3.05, 3.63) is 70.9 Å². The van der Waals surface area contributed by atoms with Gasteiger partial charge in [-0.15, -0.1) is 0 Å². The van der Waals surface area contributed by atoms with Crippen LogP contribution in [-0.2, 0) is 6.18 Å². The Morgan fingerprint density at radius 3 is 2.67 bits per heavy atom. The second kappa shape index (κ2) is 6.49. The SMILES string of the molecule is FC(F)(F)c1ccccc1/C=N/Nc1ccnc2cc(Cl)ccc12. The van der Waals surface area contributed by atoms with E-state index in [1.165, 1.54) is 18.2 Å². The predicted molar refractivity (Wildman–Crippen MR) is 89.4 cm³/mol. The summed E-state index contributed by atoms with van der Waals surface area (Å²) in [4.78, 5) is 4.19. The van der Waals surface area contributed by atoms with E-state index in [1.807, 2.05) is 0 Å². The molecule has 7 heteroatoms. The van der Waals surface area contributed by atoms with Crippen LogP contribution in [0, 0.1) is 0 Å². The van der Waals surface area contributed by atoms with Crippen LogP contribution in [0.5, 0.6) is 0 Å². The minimum atomic E-state index is -4.43. The number of hydrazone groups is 1. The third kappa shape index (κ3) is 3.49. The van der Waals surface area contributed by atoms with Gasteiger partial charge in [-0.25, -0.2) is 0 Å². The molecule has 1 heterocycles. The Hall–Kier alpha value is -2.60. The molecule has 1 N–H and O–H groups in total. The lowest BCUT2D eigenvalue weighted by Gasteiger charge is -2.09. The van der Waals surface area contributed by atoms with Crippen molar-refractivity contribution in [2.45, 2.75) is 6.18 Å². The fourth-order valence-electron chi connectivity index (χ4n) is 2.26. The number of halogens is 4. The zero-order chi connectivity index (χ0) is 17.2. The highest BCUT2D eigenvalue weighted by molar-refractivity contribution is 6.31. The van der Waals surface area contributed by atoms with Crippen LogP contribution < -0.4 is 5.43 Å². The van der Waals surface area contributed by atoms with Crippen molar-refractivity contribution in [1.29, 1.82) is 0 Å². The predicted octanol–water partition coefficient (Wildman–Crippen LogP) is 5.35. The Morgan fingerprint density at radius 2 is 1.88 bits per heavy atom. The topological polar surface area (TPSA) is 37.3 Å². The number of fused-ring (bicyclic) bond motifs is 1. The Labute approximate surface area is 140 Å². The van der Waals surface area contributed by atoms with E-state index in [0.29, 0.717) is 16.2 Å². The molecule has 3 rings (SSSR count). The maximum absolute atomic E-state index is 12.9. The van der Waals surface area contributed by atoms with E-state index in [-0.39, 0.29) is 5.56 Å². The Kier molecular flexibility index (Phi) is 4.40. The molecule has 3 aromatic rings. The molecule has 0 radical (unpaired) electrons. The highest BCUT2D eigenvalue weighted by Crippen LogP contribution is 2.31. The summed E-state index contributed by atoms with van der Waals surface area (Å²) in [6.45, 7) is 0. The summed E-state index contributed by atoms with van der Waals surface area (Å²) in [5, 5.41) is 5.24. The molecule has 0 aliphatic heterocycles. The lowest BCUT2D eigenvalue weighted by atomic mass is 10.1. The first-order chi connectivity index (χ1) is 11.4. The zero-order valence-electron chi connectivity index (χ0n) is 12.2. The van der Waals surface area contributed by atoms with Crippen LogP contribution in [0.15, 0.2) is 59.8 Å². The van der Waals surface area contributed by atoms with Crippen molar-refractivity contribution in [3.63, 3.8) is 0 Å². The van der Waals surface area contributed by atoms with E-state index in [1.54, 1.807) is 30.5 Å². The van der Waals surface area contributed by atoms with E-state index in [4.69, 9.17) is 11.6 Å². The summed E-state index contributed by atoms with van der Waals surface area (Å²) in [5.41, 5.74) is 3.29. The van der Waals surface area contributed by atoms with Crippen LogP contribution in [0.3, 0.4) is 0 Å². The Bertz CT molecular complexity index is 907. The normalized spacial score (nSPS) is 12.0. The Balaban J connectivity index is 1.88. The van der Waals surface area contributed by atoms with Crippen molar-refractivity contribution < 1.29 is 13.2 Å². The van der Waals surface area contributed by atoms with Gasteiger partial charge in [0, 0.05) is 22.2 Å². The van der Waals surface area contributed by atoms with Gasteiger partial charge in [0.2, 0.25) is 0 Å². The molecule has 0 saturated carbocycles. The highest BCUT2D eigenvalue weighted by Gasteiger charge is 2.32. The molecule has 0 aliphatic rings. The molecule has 0 spiro atoms. The first kappa shape index (κ1) is 16.3. The van der Waals surface area contributed by atoms with E-state index in [0.717, 1.165) is 17.7 Å². The number of nitrogens with one attached hydrogen (secondary N) is 1. The molecule has 24 heavy (non-hydrogen) atoms. The second-order valence-corrected chi connectivity index (χ2v) is 5.41. The van der Waals surface area contributed by atoms with Crippen LogP contribution in [0.25, 0.3) is 10.9 Å². The molecule has 0 bridgehead atoms. The van der Waals surface area contributed by atoms with Crippen molar-refractivity contribution in [1.82, 2.24) is 4.98 Å². The van der Waals surface area contributed by atoms with Gasteiger partial charge in [0.15, 0.2) is 0 Å². The van der Waals surface area contributed by atoms with E-state index >= 15 is 0 Å². The molecule has 0 amide bonds. The monoisotopic (exact) mass is 349 g/mol. The number of anilines is 1. The van der Waals surface area contributed by atoms with Gasteiger partial charge in [0.25, 0.3) is 0 Å². The third-order valence-electron chi connectivity index (χ3n) is 3.36. The molecule has 0 saturated heterocycles. The summed E-state index contributed by atoms with van der Waals surface area (Å²) < 4.78 is 38.8. The molecule has 0 aliphatic carbocycles. The second-order valence-electron chi connectivity index (χ2n) is 4.97. The molecule has 1 aromatic heterocycles. The van der Waals surface area contributed by atoms with Gasteiger partial charge in [-0.05, 0) is 30.3 Å². The minimum Gasteiger partial charge on any atom is -0.278 e.